The molecule has 0 bridgehead atoms. The number of halogens is 2. The zero-order valence-electron chi connectivity index (χ0n) is 22.2. The average molecular weight is 544 g/mol. The minimum absolute atomic E-state index is 0.00439. The quantitative estimate of drug-likeness (QED) is 0.280. The number of hydrogen-bond acceptors (Lipinski definition) is 5. The summed E-state index contributed by atoms with van der Waals surface area (Å²) in [6.07, 6.45) is 0.884. The van der Waals surface area contributed by atoms with Gasteiger partial charge in [-0.05, 0) is 67.5 Å². The van der Waals surface area contributed by atoms with Gasteiger partial charge in [0.25, 0.3) is 12.3 Å². The van der Waals surface area contributed by atoms with E-state index in [1.807, 2.05) is 16.7 Å². The molecule has 38 heavy (non-hydrogen) atoms. The molecule has 0 saturated heterocycles. The second kappa shape index (κ2) is 11.3. The monoisotopic (exact) mass is 543 g/mol. The zero-order valence-corrected chi connectivity index (χ0v) is 23.0. The van der Waals surface area contributed by atoms with Crippen LogP contribution in [0.4, 0.5) is 14.7 Å². The molecule has 1 saturated carbocycles. The summed E-state index contributed by atoms with van der Waals surface area (Å²) >= 11 is 0.772. The minimum Gasteiger partial charge on any atom is -0.350 e. The molecule has 0 aliphatic heterocycles. The summed E-state index contributed by atoms with van der Waals surface area (Å²) in [6, 6.07) is 9.03. The van der Waals surface area contributed by atoms with E-state index in [1.54, 1.807) is 0 Å². The number of aromatic nitrogens is 2. The van der Waals surface area contributed by atoms with Crippen LogP contribution < -0.4 is 16.0 Å². The van der Waals surface area contributed by atoms with Gasteiger partial charge in [0.15, 0.2) is 0 Å². The van der Waals surface area contributed by atoms with E-state index in [9.17, 15) is 18.4 Å². The average Bonchev–Trinajstić information content (AvgIpc) is 3.59. The molecule has 0 unspecified atom stereocenters. The van der Waals surface area contributed by atoms with Gasteiger partial charge in [-0.3, -0.25) is 14.9 Å². The number of nitrogens with zero attached hydrogens (tertiary/aromatic N) is 2. The van der Waals surface area contributed by atoms with Crippen LogP contribution >= 0.6 is 11.3 Å². The standard InChI is InChI=1S/C28H35F2N5O2S/c1-6-24(36)32-18-8-9-19(14-18)35-21-10-7-17(15-31-16(2)28(3,4)5)13-20(21)33-27(35)34-26(37)23-12-11-22(38-23)25(29)30/h6-7,10-13,16,18-19,25,31H,1,8-9,14-15H2,2-5H3,(H,32,36)(H,33,34,37)/t16-,18+,19-/m0/s1. The van der Waals surface area contributed by atoms with Crippen LogP contribution in [-0.2, 0) is 11.3 Å². The molecule has 1 aromatic carbocycles. The number of alkyl halides is 2. The van der Waals surface area contributed by atoms with Crippen molar-refractivity contribution < 1.29 is 18.4 Å². The first kappa shape index (κ1) is 27.9. The fourth-order valence-corrected chi connectivity index (χ4v) is 5.39. The summed E-state index contributed by atoms with van der Waals surface area (Å²) in [7, 11) is 0. The molecule has 1 fully saturated rings. The molecule has 2 aromatic heterocycles. The first-order chi connectivity index (χ1) is 18.0. The Bertz CT molecular complexity index is 1330. The molecule has 3 aromatic rings. The third kappa shape index (κ3) is 6.30. The van der Waals surface area contributed by atoms with Crippen molar-refractivity contribution in [2.75, 3.05) is 5.32 Å². The van der Waals surface area contributed by atoms with Crippen LogP contribution in [0.3, 0.4) is 0 Å². The zero-order chi connectivity index (χ0) is 27.6. The molecule has 1 aliphatic rings. The van der Waals surface area contributed by atoms with Crippen molar-refractivity contribution in [3.05, 3.63) is 58.3 Å². The van der Waals surface area contributed by atoms with E-state index in [0.717, 1.165) is 40.8 Å². The number of anilines is 1. The Hall–Kier alpha value is -3.11. The van der Waals surface area contributed by atoms with Crippen LogP contribution in [-0.4, -0.2) is 33.4 Å². The van der Waals surface area contributed by atoms with Gasteiger partial charge < -0.3 is 15.2 Å². The van der Waals surface area contributed by atoms with Gasteiger partial charge in [-0.25, -0.2) is 13.8 Å². The van der Waals surface area contributed by atoms with Gasteiger partial charge in [0, 0.05) is 24.7 Å². The van der Waals surface area contributed by atoms with E-state index >= 15 is 0 Å². The number of hydrogen-bond donors (Lipinski definition) is 3. The van der Waals surface area contributed by atoms with Gasteiger partial charge in [-0.15, -0.1) is 11.3 Å². The van der Waals surface area contributed by atoms with Crippen molar-refractivity contribution in [1.29, 1.82) is 0 Å². The van der Waals surface area contributed by atoms with Gasteiger partial charge in [-0.2, -0.15) is 0 Å². The molecule has 2 heterocycles. The van der Waals surface area contributed by atoms with E-state index in [0.29, 0.717) is 25.0 Å². The van der Waals surface area contributed by atoms with Crippen molar-refractivity contribution in [2.24, 2.45) is 5.41 Å². The number of benzene rings is 1. The second-order valence-corrected chi connectivity index (χ2v) is 12.0. The SMILES string of the molecule is C=CC(=O)N[C@@H]1CC[C@H](n2c(NC(=O)c3ccc(C(F)F)s3)nc3cc(CN[C@@H](C)C(C)(C)C)ccc32)C1. The number of carbonyl (C=O) groups excluding carboxylic acids is 2. The highest BCUT2D eigenvalue weighted by Gasteiger charge is 2.30. The molecule has 7 nitrogen and oxygen atoms in total. The Labute approximate surface area is 225 Å². The Kier molecular flexibility index (Phi) is 8.32. The van der Waals surface area contributed by atoms with E-state index in [1.165, 1.54) is 18.2 Å². The van der Waals surface area contributed by atoms with Crippen LogP contribution in [0.25, 0.3) is 11.0 Å². The van der Waals surface area contributed by atoms with Crippen LogP contribution in [0.1, 0.15) is 79.5 Å². The van der Waals surface area contributed by atoms with E-state index in [4.69, 9.17) is 4.98 Å². The summed E-state index contributed by atoms with van der Waals surface area (Å²) in [5.74, 6) is -0.325. The second-order valence-electron chi connectivity index (χ2n) is 10.9. The molecule has 3 atom stereocenters. The largest absolute Gasteiger partial charge is 0.350 e. The predicted molar refractivity (Wildman–Crippen MR) is 148 cm³/mol. The maximum atomic E-state index is 13.1. The lowest BCUT2D eigenvalue weighted by molar-refractivity contribution is -0.117. The van der Waals surface area contributed by atoms with Crippen molar-refractivity contribution >= 4 is 40.1 Å². The molecule has 4 rings (SSSR count). The number of nitrogens with one attached hydrogen (secondary N) is 3. The maximum Gasteiger partial charge on any atom is 0.272 e. The number of amides is 2. The van der Waals surface area contributed by atoms with Gasteiger partial charge in [0.1, 0.15) is 0 Å². The minimum atomic E-state index is -2.62. The lowest BCUT2D eigenvalue weighted by atomic mass is 9.88. The molecular formula is C28H35F2N5O2S. The van der Waals surface area contributed by atoms with Crippen LogP contribution in [0.2, 0.25) is 0 Å². The lowest BCUT2D eigenvalue weighted by Gasteiger charge is -2.28. The highest BCUT2D eigenvalue weighted by Crippen LogP contribution is 2.36. The molecule has 204 valence electrons. The smallest absolute Gasteiger partial charge is 0.272 e. The normalized spacial score (nSPS) is 18.6. The van der Waals surface area contributed by atoms with Crippen molar-refractivity contribution in [3.63, 3.8) is 0 Å². The number of thiophene rings is 1. The van der Waals surface area contributed by atoms with Crippen LogP contribution in [0.5, 0.6) is 0 Å². The predicted octanol–water partition coefficient (Wildman–Crippen LogP) is 6.21. The van der Waals surface area contributed by atoms with E-state index in [2.05, 4.69) is 56.3 Å². The first-order valence-corrected chi connectivity index (χ1v) is 13.6. The molecule has 3 N–H and O–H groups in total. The van der Waals surface area contributed by atoms with E-state index < -0.39 is 12.3 Å². The number of carbonyl (C=O) groups is 2. The molecule has 1 aliphatic carbocycles. The fourth-order valence-electron chi connectivity index (χ4n) is 4.63. The summed E-state index contributed by atoms with van der Waals surface area (Å²) in [6.45, 7) is 12.9. The van der Waals surface area contributed by atoms with Gasteiger partial charge >= 0.3 is 0 Å². The third-order valence-corrected chi connectivity index (χ3v) is 8.35. The summed E-state index contributed by atoms with van der Waals surface area (Å²) in [5, 5.41) is 9.38. The molecule has 10 heteroatoms. The summed E-state index contributed by atoms with van der Waals surface area (Å²) < 4.78 is 28.1. The molecule has 0 radical (unpaired) electrons. The van der Waals surface area contributed by atoms with Gasteiger partial charge in [-0.1, -0.05) is 33.4 Å². The summed E-state index contributed by atoms with van der Waals surface area (Å²) in [4.78, 5) is 29.6. The molecule has 0 spiro atoms. The van der Waals surface area contributed by atoms with Crippen LogP contribution in [0.15, 0.2) is 43.0 Å². The van der Waals surface area contributed by atoms with Gasteiger partial charge in [0.2, 0.25) is 11.9 Å². The number of rotatable bonds is 9. The number of imidazole rings is 1. The summed E-state index contributed by atoms with van der Waals surface area (Å²) in [5.41, 5.74) is 2.79. The van der Waals surface area contributed by atoms with Crippen molar-refractivity contribution in [2.45, 2.75) is 78.1 Å². The fraction of sp³-hybridized carbons (Fsp3) is 0.464. The first-order valence-electron chi connectivity index (χ1n) is 12.8. The maximum absolute atomic E-state index is 13.1. The molecule has 2 amide bonds. The van der Waals surface area contributed by atoms with Crippen LogP contribution in [0, 0.1) is 5.41 Å². The molecular weight excluding hydrogens is 508 g/mol. The van der Waals surface area contributed by atoms with E-state index in [-0.39, 0.29) is 33.2 Å². The third-order valence-electron chi connectivity index (χ3n) is 7.26. The van der Waals surface area contributed by atoms with Crippen molar-refractivity contribution in [1.82, 2.24) is 20.2 Å². The van der Waals surface area contributed by atoms with Crippen molar-refractivity contribution in [3.8, 4) is 0 Å². The highest BCUT2D eigenvalue weighted by molar-refractivity contribution is 7.14. The Balaban J connectivity index is 1.63. The number of fused-ring (bicyclic) bond motifs is 1. The Morgan fingerprint density at radius 3 is 2.66 bits per heavy atom. The topological polar surface area (TPSA) is 88.1 Å². The highest BCUT2D eigenvalue weighted by atomic mass is 32.1. The Morgan fingerprint density at radius 1 is 1.24 bits per heavy atom. The van der Waals surface area contributed by atoms with Gasteiger partial charge in [0.05, 0.1) is 20.8 Å². The lowest BCUT2D eigenvalue weighted by Crippen LogP contribution is -2.37. The Morgan fingerprint density at radius 2 is 2.00 bits per heavy atom.